The van der Waals surface area contributed by atoms with Crippen molar-refractivity contribution in [2.45, 2.75) is 18.4 Å². The molecule has 2 aliphatic rings. The molecule has 1 saturated carbocycles. The van der Waals surface area contributed by atoms with Crippen LogP contribution in [0.1, 0.15) is 18.4 Å². The monoisotopic (exact) mass is 209 g/mol. The molecule has 1 aliphatic heterocycles. The van der Waals surface area contributed by atoms with Gasteiger partial charge in [0.2, 0.25) is 0 Å². The maximum Gasteiger partial charge on any atom is 0.197 e. The van der Waals surface area contributed by atoms with Gasteiger partial charge in [0.05, 0.1) is 0 Å². The molecule has 0 spiro atoms. The van der Waals surface area contributed by atoms with Crippen LogP contribution in [0.25, 0.3) is 0 Å². The molecule has 0 unspecified atom stereocenters. The van der Waals surface area contributed by atoms with E-state index < -0.39 is 0 Å². The number of ether oxygens (including phenoxy) is 2. The van der Waals surface area contributed by atoms with E-state index in [0.29, 0.717) is 19.0 Å². The fraction of sp³-hybridized carbons (Fsp3) is 0.455. The first-order valence-corrected chi connectivity index (χ1v) is 5.08. The van der Waals surface area contributed by atoms with Gasteiger partial charge in [0.1, 0.15) is 13.2 Å². The molecule has 4 heteroatoms. The molecule has 0 bridgehead atoms. The van der Waals surface area contributed by atoms with Crippen LogP contribution in [-0.2, 0) is 5.54 Å². The van der Waals surface area contributed by atoms with Gasteiger partial charge in [0.25, 0.3) is 0 Å². The normalized spacial score (nSPS) is 21.2. The highest BCUT2D eigenvalue weighted by atomic mass is 19.1. The van der Waals surface area contributed by atoms with Crippen LogP contribution < -0.4 is 15.2 Å². The first-order chi connectivity index (χ1) is 7.19. The first-order valence-electron chi connectivity index (χ1n) is 5.08. The molecule has 1 aliphatic carbocycles. The lowest BCUT2D eigenvalue weighted by Crippen LogP contribution is -2.21. The van der Waals surface area contributed by atoms with Crippen molar-refractivity contribution in [1.82, 2.24) is 0 Å². The van der Waals surface area contributed by atoms with Gasteiger partial charge in [0.15, 0.2) is 17.3 Å². The van der Waals surface area contributed by atoms with Gasteiger partial charge < -0.3 is 15.2 Å². The number of fused-ring (bicyclic) bond motifs is 1. The minimum Gasteiger partial charge on any atom is -0.486 e. The van der Waals surface area contributed by atoms with Gasteiger partial charge in [-0.25, -0.2) is 4.39 Å². The summed E-state index contributed by atoms with van der Waals surface area (Å²) in [5.74, 6) is 0.321. The number of halogens is 1. The van der Waals surface area contributed by atoms with Crippen molar-refractivity contribution in [2.24, 2.45) is 5.73 Å². The number of hydrogen-bond donors (Lipinski definition) is 1. The van der Waals surface area contributed by atoms with Gasteiger partial charge >= 0.3 is 0 Å². The molecular weight excluding hydrogens is 197 g/mol. The zero-order valence-electron chi connectivity index (χ0n) is 8.25. The van der Waals surface area contributed by atoms with Crippen LogP contribution >= 0.6 is 0 Å². The first kappa shape index (κ1) is 8.97. The minimum absolute atomic E-state index is 0.217. The zero-order chi connectivity index (χ0) is 10.5. The smallest absolute Gasteiger partial charge is 0.197 e. The molecule has 3 nitrogen and oxygen atoms in total. The molecule has 1 aromatic carbocycles. The summed E-state index contributed by atoms with van der Waals surface area (Å²) in [6, 6.07) is 3.26. The molecule has 0 amide bonds. The fourth-order valence-corrected chi connectivity index (χ4v) is 1.82. The Hall–Kier alpha value is -1.29. The molecule has 15 heavy (non-hydrogen) atoms. The lowest BCUT2D eigenvalue weighted by atomic mass is 10.0. The molecule has 80 valence electrons. The van der Waals surface area contributed by atoms with Gasteiger partial charge in [-0.15, -0.1) is 0 Å². The third-order valence-corrected chi connectivity index (χ3v) is 2.96. The van der Waals surface area contributed by atoms with Crippen molar-refractivity contribution >= 4 is 0 Å². The van der Waals surface area contributed by atoms with Crippen molar-refractivity contribution in [1.29, 1.82) is 0 Å². The summed E-state index contributed by atoms with van der Waals surface area (Å²) < 4.78 is 24.2. The fourth-order valence-electron chi connectivity index (χ4n) is 1.82. The van der Waals surface area contributed by atoms with E-state index in [2.05, 4.69) is 0 Å². The van der Waals surface area contributed by atoms with Crippen LogP contribution in [0.2, 0.25) is 0 Å². The molecule has 1 heterocycles. The lowest BCUT2D eigenvalue weighted by Gasteiger charge is -2.21. The lowest BCUT2D eigenvalue weighted by molar-refractivity contribution is 0.164. The van der Waals surface area contributed by atoms with E-state index in [1.807, 2.05) is 0 Å². The zero-order valence-corrected chi connectivity index (χ0v) is 8.25. The topological polar surface area (TPSA) is 44.5 Å². The van der Waals surface area contributed by atoms with E-state index in [0.717, 1.165) is 18.4 Å². The Bertz CT molecular complexity index is 415. The van der Waals surface area contributed by atoms with Crippen LogP contribution in [0.15, 0.2) is 12.1 Å². The molecule has 2 N–H and O–H groups in total. The summed E-state index contributed by atoms with van der Waals surface area (Å²) in [5.41, 5.74) is 6.48. The van der Waals surface area contributed by atoms with Crippen LogP contribution in [0.4, 0.5) is 4.39 Å². The van der Waals surface area contributed by atoms with E-state index in [1.165, 1.54) is 6.07 Å². The molecule has 0 atom stereocenters. The second-order valence-electron chi connectivity index (χ2n) is 4.14. The van der Waals surface area contributed by atoms with Gasteiger partial charge in [-0.1, -0.05) is 0 Å². The molecule has 0 saturated heterocycles. The summed E-state index contributed by atoms with van der Waals surface area (Å²) in [6.07, 6.45) is 1.82. The molecule has 0 radical (unpaired) electrons. The van der Waals surface area contributed by atoms with Gasteiger partial charge in [0, 0.05) is 5.54 Å². The molecule has 1 fully saturated rings. The Morgan fingerprint density at radius 1 is 1.20 bits per heavy atom. The van der Waals surface area contributed by atoms with Crippen LogP contribution in [0.5, 0.6) is 11.5 Å². The van der Waals surface area contributed by atoms with E-state index in [1.54, 1.807) is 6.07 Å². The summed E-state index contributed by atoms with van der Waals surface area (Å²) >= 11 is 0. The predicted molar refractivity (Wildman–Crippen MR) is 52.5 cm³/mol. The van der Waals surface area contributed by atoms with Gasteiger partial charge in [-0.05, 0) is 30.5 Å². The Morgan fingerprint density at radius 2 is 1.93 bits per heavy atom. The minimum atomic E-state index is -0.376. The van der Waals surface area contributed by atoms with E-state index in [4.69, 9.17) is 15.2 Å². The Labute approximate surface area is 87.0 Å². The second kappa shape index (κ2) is 2.85. The van der Waals surface area contributed by atoms with Gasteiger partial charge in [-0.3, -0.25) is 0 Å². The molecule has 1 aromatic rings. The summed E-state index contributed by atoms with van der Waals surface area (Å²) in [7, 11) is 0. The largest absolute Gasteiger partial charge is 0.486 e. The Kier molecular flexibility index (Phi) is 1.71. The van der Waals surface area contributed by atoms with Crippen molar-refractivity contribution in [3.05, 3.63) is 23.5 Å². The summed E-state index contributed by atoms with van der Waals surface area (Å²) in [6.45, 7) is 0.866. The van der Waals surface area contributed by atoms with E-state index in [-0.39, 0.29) is 17.1 Å². The van der Waals surface area contributed by atoms with Crippen LogP contribution in [-0.4, -0.2) is 13.2 Å². The number of hydrogen-bond acceptors (Lipinski definition) is 3. The third kappa shape index (κ3) is 1.36. The van der Waals surface area contributed by atoms with E-state index >= 15 is 0 Å². The number of rotatable bonds is 1. The van der Waals surface area contributed by atoms with E-state index in [9.17, 15) is 4.39 Å². The Morgan fingerprint density at radius 3 is 2.67 bits per heavy atom. The Balaban J connectivity index is 2.08. The maximum atomic E-state index is 13.6. The number of benzene rings is 1. The standard InChI is InChI=1S/C11H12FNO2/c12-8-5-7(11(13)1-2-11)6-9-10(8)15-4-3-14-9/h5-6H,1-4,13H2. The second-order valence-corrected chi connectivity index (χ2v) is 4.14. The number of nitrogens with two attached hydrogens (primary N) is 1. The van der Waals surface area contributed by atoms with Crippen molar-refractivity contribution in [2.75, 3.05) is 13.2 Å². The highest BCUT2D eigenvalue weighted by molar-refractivity contribution is 5.48. The summed E-state index contributed by atoms with van der Waals surface area (Å²) in [4.78, 5) is 0. The summed E-state index contributed by atoms with van der Waals surface area (Å²) in [5, 5.41) is 0. The quantitative estimate of drug-likeness (QED) is 0.763. The molecular formula is C11H12FNO2. The third-order valence-electron chi connectivity index (χ3n) is 2.96. The van der Waals surface area contributed by atoms with Gasteiger partial charge in [-0.2, -0.15) is 0 Å². The molecule has 0 aromatic heterocycles. The average molecular weight is 209 g/mol. The maximum absolute atomic E-state index is 13.6. The molecule has 3 rings (SSSR count). The highest BCUT2D eigenvalue weighted by Crippen LogP contribution is 2.46. The average Bonchev–Trinajstić information content (AvgIpc) is 2.98. The van der Waals surface area contributed by atoms with Crippen LogP contribution in [0.3, 0.4) is 0 Å². The highest BCUT2D eigenvalue weighted by Gasteiger charge is 2.41. The SMILES string of the molecule is NC1(c2cc(F)c3c(c2)OCCO3)CC1. The predicted octanol–water partition coefficient (Wildman–Crippen LogP) is 1.54. The van der Waals surface area contributed by atoms with Crippen molar-refractivity contribution in [3.8, 4) is 11.5 Å². The van der Waals surface area contributed by atoms with Crippen molar-refractivity contribution < 1.29 is 13.9 Å². The van der Waals surface area contributed by atoms with Crippen molar-refractivity contribution in [3.63, 3.8) is 0 Å². The van der Waals surface area contributed by atoms with Crippen LogP contribution in [0, 0.1) is 5.82 Å².